The Morgan fingerprint density at radius 2 is 2.00 bits per heavy atom. The van der Waals surface area contributed by atoms with Crippen molar-refractivity contribution < 1.29 is 12.1 Å². The van der Waals surface area contributed by atoms with Crippen molar-refractivity contribution in [2.45, 2.75) is 33.7 Å². The molecule has 0 saturated heterocycles. The van der Waals surface area contributed by atoms with Crippen molar-refractivity contribution >= 4 is 11.6 Å². The number of hydrogen-bond donors (Lipinski definition) is 4. The first kappa shape index (κ1) is 20.2. The van der Waals surface area contributed by atoms with E-state index in [0.29, 0.717) is 29.6 Å². The molecule has 148 valence electrons. The minimum atomic E-state index is -0.184. The van der Waals surface area contributed by atoms with Crippen LogP contribution in [0.1, 0.15) is 45.0 Å². The lowest BCUT2D eigenvalue weighted by atomic mass is 10.1. The molecule has 2 aromatic rings. The third kappa shape index (κ3) is 6.93. The van der Waals surface area contributed by atoms with Gasteiger partial charge in [0, 0.05) is 19.8 Å². The molecule has 6 heteroatoms. The predicted octanol–water partition coefficient (Wildman–Crippen LogP) is 4.11. The third-order valence-electron chi connectivity index (χ3n) is 3.75. The Hall–Kier alpha value is -3.15. The number of benzene rings is 1. The van der Waals surface area contributed by atoms with Crippen LogP contribution < -0.4 is 22.1 Å². The largest absolute Gasteiger partial charge is 0.465 e. The van der Waals surface area contributed by atoms with Gasteiger partial charge < -0.3 is 26.5 Å². The summed E-state index contributed by atoms with van der Waals surface area (Å²) in [4.78, 5) is 12.3. The number of carbonyl (C=O) groups is 1. The molecule has 1 aromatic carbocycles. The van der Waals surface area contributed by atoms with Crippen LogP contribution in [-0.4, -0.2) is 5.91 Å². The van der Waals surface area contributed by atoms with Crippen LogP contribution in [0.5, 0.6) is 0 Å². The lowest BCUT2D eigenvalue weighted by Gasteiger charge is -2.09. The first-order chi connectivity index (χ1) is 12.8. The fourth-order valence-electron chi connectivity index (χ4n) is 2.53. The van der Waals surface area contributed by atoms with Gasteiger partial charge in [-0.1, -0.05) is 19.9 Å². The molecule has 0 unspecified atom stereocenters. The normalized spacial score (nSPS) is 12.3. The maximum absolute atomic E-state index is 12.3. The maximum atomic E-state index is 12.3. The zero-order chi connectivity index (χ0) is 19.8. The van der Waals surface area contributed by atoms with Crippen LogP contribution in [0.3, 0.4) is 0 Å². The lowest BCUT2D eigenvalue weighted by molar-refractivity contribution is 0.0948. The molecule has 0 bridgehead atoms. The van der Waals surface area contributed by atoms with Gasteiger partial charge in [-0.05, 0) is 61.7 Å². The Balaban J connectivity index is 0.00000392. The van der Waals surface area contributed by atoms with E-state index < -0.39 is 0 Å². The smallest absolute Gasteiger partial charge is 0.251 e. The minimum absolute atomic E-state index is 0. The molecule has 0 aliphatic rings. The van der Waals surface area contributed by atoms with Crippen molar-refractivity contribution in [1.29, 1.82) is 0 Å². The Bertz CT molecular complexity index is 845. The highest BCUT2D eigenvalue weighted by Gasteiger charge is 2.07. The number of allylic oxidation sites excluding steroid dienone is 3. The highest BCUT2D eigenvalue weighted by atomic mass is 16.3. The predicted molar refractivity (Wildman–Crippen MR) is 113 cm³/mol. The van der Waals surface area contributed by atoms with Crippen LogP contribution in [0.15, 0.2) is 64.5 Å². The number of amides is 1. The van der Waals surface area contributed by atoms with Gasteiger partial charge in [0.05, 0.1) is 6.54 Å². The van der Waals surface area contributed by atoms with Crippen molar-refractivity contribution in [2.24, 2.45) is 17.4 Å². The fourth-order valence-corrected chi connectivity index (χ4v) is 2.53. The molecule has 1 heterocycles. The van der Waals surface area contributed by atoms with Crippen LogP contribution in [0.2, 0.25) is 0 Å². The fraction of sp³-hybridized carbons (Fsp3) is 0.286. The van der Waals surface area contributed by atoms with Gasteiger partial charge in [0.15, 0.2) is 0 Å². The molecule has 0 aliphatic carbocycles. The van der Waals surface area contributed by atoms with Gasteiger partial charge in [-0.15, -0.1) is 0 Å². The summed E-state index contributed by atoms with van der Waals surface area (Å²) in [5.41, 5.74) is 14.0. The SMILES string of the molecule is Cc1ccc(CNC(=O)c2cccc(N/C(N)=C/C=C(\N)CC(C)C)c2)o1.[HH].[HH]. The molecule has 1 aromatic heterocycles. The standard InChI is InChI=1S/C21H28N4O2.2H2/c1-14(2)11-17(22)8-10-20(23)25-18-6-4-5-16(12-18)21(26)24-13-19-9-7-15(3)27-19;;/h4-10,12,14,25H,11,13,22-23H2,1-3H3,(H,24,26);2*1H/b17-8-,20-10+;;. The van der Waals surface area contributed by atoms with E-state index in [9.17, 15) is 4.79 Å². The zero-order valence-electron chi connectivity index (χ0n) is 16.1. The van der Waals surface area contributed by atoms with Crippen molar-refractivity contribution in [1.82, 2.24) is 5.32 Å². The molecule has 0 fully saturated rings. The molecule has 27 heavy (non-hydrogen) atoms. The van der Waals surface area contributed by atoms with Gasteiger partial charge in [0.25, 0.3) is 5.91 Å². The number of nitrogens with two attached hydrogens (primary N) is 2. The number of hydrogen-bond acceptors (Lipinski definition) is 5. The van der Waals surface area contributed by atoms with Gasteiger partial charge in [-0.2, -0.15) is 0 Å². The van der Waals surface area contributed by atoms with Crippen molar-refractivity contribution in [2.75, 3.05) is 5.32 Å². The van der Waals surface area contributed by atoms with Gasteiger partial charge in [0.1, 0.15) is 17.3 Å². The molecule has 0 spiro atoms. The average molecular weight is 373 g/mol. The van der Waals surface area contributed by atoms with Crippen LogP contribution in [0.25, 0.3) is 0 Å². The van der Waals surface area contributed by atoms with Crippen LogP contribution in [-0.2, 0) is 6.54 Å². The highest BCUT2D eigenvalue weighted by molar-refractivity contribution is 5.95. The van der Waals surface area contributed by atoms with E-state index >= 15 is 0 Å². The van der Waals surface area contributed by atoms with Crippen molar-refractivity contribution in [3.05, 3.63) is 77.2 Å². The molecule has 6 nitrogen and oxygen atoms in total. The number of rotatable bonds is 8. The monoisotopic (exact) mass is 372 g/mol. The molecule has 2 rings (SSSR count). The van der Waals surface area contributed by atoms with Gasteiger partial charge in [-0.25, -0.2) is 0 Å². The Morgan fingerprint density at radius 3 is 2.67 bits per heavy atom. The minimum Gasteiger partial charge on any atom is -0.465 e. The molecule has 6 N–H and O–H groups in total. The summed E-state index contributed by atoms with van der Waals surface area (Å²) < 4.78 is 5.45. The van der Waals surface area contributed by atoms with Crippen LogP contribution >= 0.6 is 0 Å². The summed E-state index contributed by atoms with van der Waals surface area (Å²) in [5, 5.41) is 5.90. The lowest BCUT2D eigenvalue weighted by Crippen LogP contribution is -2.22. The van der Waals surface area contributed by atoms with E-state index in [1.165, 1.54) is 0 Å². The first-order valence-corrected chi connectivity index (χ1v) is 8.96. The van der Waals surface area contributed by atoms with Crippen molar-refractivity contribution in [3.8, 4) is 0 Å². The Labute approximate surface area is 163 Å². The quantitative estimate of drug-likeness (QED) is 0.522. The first-order valence-electron chi connectivity index (χ1n) is 8.96. The molecule has 0 atom stereocenters. The zero-order valence-corrected chi connectivity index (χ0v) is 16.1. The molecule has 0 saturated carbocycles. The second kappa shape index (κ2) is 9.52. The maximum Gasteiger partial charge on any atom is 0.251 e. The molecule has 0 radical (unpaired) electrons. The number of nitrogens with one attached hydrogen (secondary N) is 2. The number of aryl methyl sites for hydroxylation is 1. The Morgan fingerprint density at radius 1 is 1.22 bits per heavy atom. The topological polar surface area (TPSA) is 106 Å². The summed E-state index contributed by atoms with van der Waals surface area (Å²) >= 11 is 0. The number of carbonyl (C=O) groups excluding carboxylic acids is 1. The number of anilines is 1. The summed E-state index contributed by atoms with van der Waals surface area (Å²) in [6.07, 6.45) is 4.34. The van der Waals surface area contributed by atoms with Crippen LogP contribution in [0, 0.1) is 12.8 Å². The molecular weight excluding hydrogens is 340 g/mol. The Kier molecular flexibility index (Phi) is 7.11. The molecule has 0 aliphatic heterocycles. The van der Waals surface area contributed by atoms with E-state index in [0.717, 1.165) is 23.6 Å². The van der Waals surface area contributed by atoms with Gasteiger partial charge >= 0.3 is 0 Å². The highest BCUT2D eigenvalue weighted by Crippen LogP contribution is 2.13. The van der Waals surface area contributed by atoms with Crippen LogP contribution in [0.4, 0.5) is 5.69 Å². The summed E-state index contributed by atoms with van der Waals surface area (Å²) in [5.74, 6) is 2.29. The second-order valence-electron chi connectivity index (χ2n) is 6.86. The molecule has 1 amide bonds. The van der Waals surface area contributed by atoms with E-state index in [-0.39, 0.29) is 8.76 Å². The van der Waals surface area contributed by atoms with Gasteiger partial charge in [-0.3, -0.25) is 4.79 Å². The molecular formula is C21H32N4O2. The average Bonchev–Trinajstić information content (AvgIpc) is 3.03. The number of furan rings is 1. The van der Waals surface area contributed by atoms with E-state index in [4.69, 9.17) is 15.9 Å². The summed E-state index contributed by atoms with van der Waals surface area (Å²) in [6, 6.07) is 10.8. The van der Waals surface area contributed by atoms with E-state index in [1.54, 1.807) is 30.4 Å². The van der Waals surface area contributed by atoms with E-state index in [1.807, 2.05) is 25.1 Å². The second-order valence-corrected chi connectivity index (χ2v) is 6.86. The summed E-state index contributed by atoms with van der Waals surface area (Å²) in [6.45, 7) is 6.42. The van der Waals surface area contributed by atoms with E-state index in [2.05, 4.69) is 24.5 Å². The van der Waals surface area contributed by atoms with Crippen molar-refractivity contribution in [3.63, 3.8) is 0 Å². The van der Waals surface area contributed by atoms with Gasteiger partial charge in [0.2, 0.25) is 0 Å². The third-order valence-corrected chi connectivity index (χ3v) is 3.75. The summed E-state index contributed by atoms with van der Waals surface area (Å²) in [7, 11) is 0.